The molecule has 0 bridgehead atoms. The standard InChI is InChI=1S/C11H14N2O2S/c12-11(16)9-2-1-3-10(13-9)15-7-8-4-5-14-6-8/h1-3,8H,4-7H2,(H2,12,16). The number of hydrogen-bond donors (Lipinski definition) is 1. The van der Waals surface area contributed by atoms with E-state index in [1.165, 1.54) is 0 Å². The zero-order chi connectivity index (χ0) is 11.4. The van der Waals surface area contributed by atoms with Crippen molar-refractivity contribution in [3.63, 3.8) is 0 Å². The molecule has 1 aliphatic rings. The van der Waals surface area contributed by atoms with Gasteiger partial charge in [0.15, 0.2) is 0 Å². The molecule has 1 unspecified atom stereocenters. The summed E-state index contributed by atoms with van der Waals surface area (Å²) in [4.78, 5) is 4.49. The topological polar surface area (TPSA) is 57.4 Å². The van der Waals surface area contributed by atoms with E-state index in [0.717, 1.165) is 19.6 Å². The number of thiocarbonyl (C=S) groups is 1. The number of aromatic nitrogens is 1. The first-order valence-electron chi connectivity index (χ1n) is 5.23. The van der Waals surface area contributed by atoms with Gasteiger partial charge in [-0.3, -0.25) is 0 Å². The average Bonchev–Trinajstić information content (AvgIpc) is 2.79. The van der Waals surface area contributed by atoms with Crippen molar-refractivity contribution in [1.82, 2.24) is 4.98 Å². The Morgan fingerprint density at radius 1 is 1.62 bits per heavy atom. The lowest BCUT2D eigenvalue weighted by Crippen LogP contribution is -2.15. The van der Waals surface area contributed by atoms with Gasteiger partial charge >= 0.3 is 0 Å². The molecule has 4 nitrogen and oxygen atoms in total. The first-order valence-corrected chi connectivity index (χ1v) is 5.64. The minimum absolute atomic E-state index is 0.287. The SMILES string of the molecule is NC(=S)c1cccc(OCC2CCOC2)n1. The van der Waals surface area contributed by atoms with Gasteiger partial charge < -0.3 is 15.2 Å². The van der Waals surface area contributed by atoms with Crippen LogP contribution in [0.25, 0.3) is 0 Å². The summed E-state index contributed by atoms with van der Waals surface area (Å²) in [5.74, 6) is 1.03. The first-order chi connectivity index (χ1) is 7.75. The highest BCUT2D eigenvalue weighted by Gasteiger charge is 2.16. The van der Waals surface area contributed by atoms with E-state index in [2.05, 4.69) is 4.98 Å². The van der Waals surface area contributed by atoms with Crippen LogP contribution in [-0.2, 0) is 4.74 Å². The summed E-state index contributed by atoms with van der Waals surface area (Å²) in [6.45, 7) is 2.23. The van der Waals surface area contributed by atoms with Crippen LogP contribution in [0.5, 0.6) is 5.88 Å². The van der Waals surface area contributed by atoms with Crippen molar-refractivity contribution in [3.8, 4) is 5.88 Å². The van der Waals surface area contributed by atoms with Crippen molar-refractivity contribution < 1.29 is 9.47 Å². The maximum Gasteiger partial charge on any atom is 0.213 e. The first kappa shape index (κ1) is 11.3. The van der Waals surface area contributed by atoms with Crippen molar-refractivity contribution in [3.05, 3.63) is 23.9 Å². The van der Waals surface area contributed by atoms with Crippen molar-refractivity contribution in [1.29, 1.82) is 0 Å². The molecule has 86 valence electrons. The second kappa shape index (κ2) is 5.23. The third-order valence-electron chi connectivity index (χ3n) is 2.47. The normalized spacial score (nSPS) is 19.6. The summed E-state index contributed by atoms with van der Waals surface area (Å²) in [5.41, 5.74) is 6.09. The Morgan fingerprint density at radius 2 is 2.50 bits per heavy atom. The molecule has 1 atom stereocenters. The predicted octanol–water partition coefficient (Wildman–Crippen LogP) is 1.13. The van der Waals surface area contributed by atoms with E-state index in [1.54, 1.807) is 12.1 Å². The monoisotopic (exact) mass is 238 g/mol. The van der Waals surface area contributed by atoms with Crippen LogP contribution in [0.15, 0.2) is 18.2 Å². The van der Waals surface area contributed by atoms with Crippen LogP contribution < -0.4 is 10.5 Å². The maximum absolute atomic E-state index is 5.57. The molecule has 1 aromatic rings. The number of ether oxygens (including phenoxy) is 2. The third kappa shape index (κ3) is 2.90. The predicted molar refractivity (Wildman–Crippen MR) is 64.5 cm³/mol. The number of nitrogens with zero attached hydrogens (tertiary/aromatic N) is 1. The summed E-state index contributed by atoms with van der Waals surface area (Å²) < 4.78 is 10.8. The molecular formula is C11H14N2O2S. The fraction of sp³-hybridized carbons (Fsp3) is 0.455. The summed E-state index contributed by atoms with van der Waals surface area (Å²) in [6.07, 6.45) is 1.05. The summed E-state index contributed by atoms with van der Waals surface area (Å²) >= 11 is 4.85. The fourth-order valence-corrected chi connectivity index (χ4v) is 1.66. The Labute approximate surface area is 99.8 Å². The molecule has 1 aliphatic heterocycles. The van der Waals surface area contributed by atoms with E-state index < -0.39 is 0 Å². The van der Waals surface area contributed by atoms with Gasteiger partial charge in [-0.25, -0.2) is 4.98 Å². The minimum atomic E-state index is 0.287. The van der Waals surface area contributed by atoms with Crippen LogP contribution in [0.2, 0.25) is 0 Å². The Morgan fingerprint density at radius 3 is 3.19 bits per heavy atom. The Hall–Kier alpha value is -1.20. The largest absolute Gasteiger partial charge is 0.477 e. The molecule has 0 aliphatic carbocycles. The van der Waals surface area contributed by atoms with Crippen LogP contribution in [0.1, 0.15) is 12.1 Å². The fourth-order valence-electron chi connectivity index (χ4n) is 1.55. The molecule has 2 N–H and O–H groups in total. The molecule has 0 radical (unpaired) electrons. The van der Waals surface area contributed by atoms with Gasteiger partial charge in [0.2, 0.25) is 5.88 Å². The van der Waals surface area contributed by atoms with Crippen molar-refractivity contribution >= 4 is 17.2 Å². The zero-order valence-electron chi connectivity index (χ0n) is 8.89. The van der Waals surface area contributed by atoms with E-state index >= 15 is 0 Å². The number of hydrogen-bond acceptors (Lipinski definition) is 4. The van der Waals surface area contributed by atoms with Gasteiger partial charge in [-0.2, -0.15) is 0 Å². The van der Waals surface area contributed by atoms with Gasteiger partial charge in [0.1, 0.15) is 10.7 Å². The van der Waals surface area contributed by atoms with Crippen LogP contribution in [0.4, 0.5) is 0 Å². The lowest BCUT2D eigenvalue weighted by molar-refractivity contribution is 0.165. The van der Waals surface area contributed by atoms with Gasteiger partial charge in [-0.1, -0.05) is 18.3 Å². The molecule has 2 rings (SSSR count). The van der Waals surface area contributed by atoms with Gasteiger partial charge in [0.05, 0.1) is 13.2 Å². The molecule has 0 amide bonds. The van der Waals surface area contributed by atoms with Gasteiger partial charge in [-0.15, -0.1) is 0 Å². The Kier molecular flexibility index (Phi) is 3.69. The van der Waals surface area contributed by atoms with E-state index in [0.29, 0.717) is 24.1 Å². The lowest BCUT2D eigenvalue weighted by atomic mass is 10.1. The van der Waals surface area contributed by atoms with Crippen LogP contribution in [-0.4, -0.2) is 29.8 Å². The highest BCUT2D eigenvalue weighted by molar-refractivity contribution is 7.80. The molecule has 0 saturated carbocycles. The zero-order valence-corrected chi connectivity index (χ0v) is 9.70. The van der Waals surface area contributed by atoms with E-state index in [-0.39, 0.29) is 4.99 Å². The highest BCUT2D eigenvalue weighted by atomic mass is 32.1. The molecule has 16 heavy (non-hydrogen) atoms. The van der Waals surface area contributed by atoms with Gasteiger partial charge in [0, 0.05) is 18.6 Å². The van der Waals surface area contributed by atoms with Gasteiger partial charge in [-0.05, 0) is 12.5 Å². The number of rotatable bonds is 4. The second-order valence-electron chi connectivity index (χ2n) is 3.77. The third-order valence-corrected chi connectivity index (χ3v) is 2.68. The van der Waals surface area contributed by atoms with E-state index in [9.17, 15) is 0 Å². The molecular weight excluding hydrogens is 224 g/mol. The Balaban J connectivity index is 1.93. The number of pyridine rings is 1. The molecule has 2 heterocycles. The molecule has 1 fully saturated rings. The minimum Gasteiger partial charge on any atom is -0.477 e. The van der Waals surface area contributed by atoms with Gasteiger partial charge in [0.25, 0.3) is 0 Å². The lowest BCUT2D eigenvalue weighted by Gasteiger charge is -2.09. The van der Waals surface area contributed by atoms with Crippen LogP contribution >= 0.6 is 12.2 Å². The number of nitrogens with two attached hydrogens (primary N) is 1. The molecule has 5 heteroatoms. The summed E-state index contributed by atoms with van der Waals surface area (Å²) in [5, 5.41) is 0. The summed E-state index contributed by atoms with van der Waals surface area (Å²) in [7, 11) is 0. The molecule has 1 saturated heterocycles. The van der Waals surface area contributed by atoms with Crippen molar-refractivity contribution in [2.45, 2.75) is 6.42 Å². The quantitative estimate of drug-likeness (QED) is 0.797. The van der Waals surface area contributed by atoms with E-state index in [1.807, 2.05) is 6.07 Å². The molecule has 0 aromatic carbocycles. The summed E-state index contributed by atoms with van der Waals surface area (Å²) in [6, 6.07) is 5.41. The van der Waals surface area contributed by atoms with E-state index in [4.69, 9.17) is 27.4 Å². The highest BCUT2D eigenvalue weighted by Crippen LogP contribution is 2.15. The van der Waals surface area contributed by atoms with Crippen molar-refractivity contribution in [2.75, 3.05) is 19.8 Å². The van der Waals surface area contributed by atoms with Crippen molar-refractivity contribution in [2.24, 2.45) is 11.7 Å². The van der Waals surface area contributed by atoms with Crippen LogP contribution in [0, 0.1) is 5.92 Å². The average molecular weight is 238 g/mol. The molecule has 0 spiro atoms. The second-order valence-corrected chi connectivity index (χ2v) is 4.21. The molecule has 1 aromatic heterocycles. The Bertz CT molecular complexity index is 378. The maximum atomic E-state index is 5.57. The van der Waals surface area contributed by atoms with Crippen LogP contribution in [0.3, 0.4) is 0 Å². The smallest absolute Gasteiger partial charge is 0.213 e.